The first-order chi connectivity index (χ1) is 7.75. The molecule has 16 heavy (non-hydrogen) atoms. The molecular formula is C14H19NO. The van der Waals surface area contributed by atoms with Crippen LogP contribution in [0.2, 0.25) is 0 Å². The van der Waals surface area contributed by atoms with Gasteiger partial charge in [-0.1, -0.05) is 18.2 Å². The SMILES string of the molecule is NC(=O)CCCCc1ccc2c(c1)CCC2. The average Bonchev–Trinajstić information content (AvgIpc) is 2.71. The van der Waals surface area contributed by atoms with Crippen LogP contribution in [0.15, 0.2) is 18.2 Å². The van der Waals surface area contributed by atoms with Crippen LogP contribution in [0.3, 0.4) is 0 Å². The number of primary amides is 1. The maximum absolute atomic E-state index is 10.6. The van der Waals surface area contributed by atoms with E-state index in [9.17, 15) is 4.79 Å². The Hall–Kier alpha value is -1.31. The number of fused-ring (bicyclic) bond motifs is 1. The van der Waals surface area contributed by atoms with E-state index in [1.165, 1.54) is 36.0 Å². The predicted octanol–water partition coefficient (Wildman–Crippen LogP) is 2.37. The molecule has 0 saturated carbocycles. The van der Waals surface area contributed by atoms with Crippen LogP contribution in [0.4, 0.5) is 0 Å². The third-order valence-corrected chi connectivity index (χ3v) is 3.30. The highest BCUT2D eigenvalue weighted by atomic mass is 16.1. The van der Waals surface area contributed by atoms with E-state index in [0.717, 1.165) is 19.3 Å². The van der Waals surface area contributed by atoms with E-state index in [2.05, 4.69) is 18.2 Å². The van der Waals surface area contributed by atoms with Gasteiger partial charge in [0, 0.05) is 6.42 Å². The summed E-state index contributed by atoms with van der Waals surface area (Å²) in [6.45, 7) is 0. The van der Waals surface area contributed by atoms with Crippen molar-refractivity contribution in [3.63, 3.8) is 0 Å². The molecule has 0 bridgehead atoms. The number of aryl methyl sites for hydroxylation is 3. The van der Waals surface area contributed by atoms with Crippen LogP contribution >= 0.6 is 0 Å². The van der Waals surface area contributed by atoms with E-state index >= 15 is 0 Å². The maximum Gasteiger partial charge on any atom is 0.217 e. The minimum atomic E-state index is -0.186. The Morgan fingerprint density at radius 3 is 2.81 bits per heavy atom. The topological polar surface area (TPSA) is 43.1 Å². The minimum Gasteiger partial charge on any atom is -0.370 e. The summed E-state index contributed by atoms with van der Waals surface area (Å²) in [4.78, 5) is 10.6. The number of carbonyl (C=O) groups is 1. The van der Waals surface area contributed by atoms with Crippen LogP contribution in [0, 0.1) is 0 Å². The Labute approximate surface area is 96.8 Å². The number of unbranched alkanes of at least 4 members (excludes halogenated alkanes) is 1. The van der Waals surface area contributed by atoms with E-state index in [-0.39, 0.29) is 5.91 Å². The molecule has 0 aliphatic heterocycles. The Balaban J connectivity index is 1.83. The predicted molar refractivity (Wildman–Crippen MR) is 65.2 cm³/mol. The molecule has 1 aliphatic carbocycles. The Morgan fingerprint density at radius 2 is 2.00 bits per heavy atom. The average molecular weight is 217 g/mol. The second-order valence-corrected chi connectivity index (χ2v) is 4.63. The summed E-state index contributed by atoms with van der Waals surface area (Å²) in [5.41, 5.74) is 9.58. The third kappa shape index (κ3) is 2.84. The molecule has 86 valence electrons. The molecule has 2 heteroatoms. The molecule has 2 N–H and O–H groups in total. The lowest BCUT2D eigenvalue weighted by Gasteiger charge is -2.04. The molecule has 0 unspecified atom stereocenters. The number of hydrogen-bond acceptors (Lipinski definition) is 1. The second kappa shape index (κ2) is 5.15. The molecule has 1 aliphatic rings. The van der Waals surface area contributed by atoms with Gasteiger partial charge >= 0.3 is 0 Å². The molecule has 0 heterocycles. The van der Waals surface area contributed by atoms with Crippen LogP contribution in [0.5, 0.6) is 0 Å². The van der Waals surface area contributed by atoms with Gasteiger partial charge in [0.1, 0.15) is 0 Å². The molecule has 2 rings (SSSR count). The zero-order valence-corrected chi connectivity index (χ0v) is 9.67. The molecule has 0 spiro atoms. The van der Waals surface area contributed by atoms with Crippen molar-refractivity contribution in [3.8, 4) is 0 Å². The lowest BCUT2D eigenvalue weighted by molar-refractivity contribution is -0.118. The highest BCUT2D eigenvalue weighted by Crippen LogP contribution is 2.23. The van der Waals surface area contributed by atoms with E-state index in [1.54, 1.807) is 0 Å². The fraction of sp³-hybridized carbons (Fsp3) is 0.500. The van der Waals surface area contributed by atoms with Gasteiger partial charge in [-0.2, -0.15) is 0 Å². The van der Waals surface area contributed by atoms with Crippen molar-refractivity contribution in [2.75, 3.05) is 0 Å². The highest BCUT2D eigenvalue weighted by Gasteiger charge is 2.10. The summed E-state index contributed by atoms with van der Waals surface area (Å²) in [5.74, 6) is -0.186. The van der Waals surface area contributed by atoms with Crippen LogP contribution in [0.25, 0.3) is 0 Å². The Kier molecular flexibility index (Phi) is 3.60. The summed E-state index contributed by atoms with van der Waals surface area (Å²) >= 11 is 0. The zero-order valence-electron chi connectivity index (χ0n) is 9.67. The smallest absolute Gasteiger partial charge is 0.217 e. The standard InChI is InChI=1S/C14H19NO/c15-14(16)7-2-1-4-11-8-9-12-5-3-6-13(12)10-11/h8-10H,1-7H2,(H2,15,16). The normalized spacial score (nSPS) is 13.8. The van der Waals surface area contributed by atoms with E-state index in [0.29, 0.717) is 6.42 Å². The summed E-state index contributed by atoms with van der Waals surface area (Å²) in [5, 5.41) is 0. The first-order valence-electron chi connectivity index (χ1n) is 6.15. The largest absolute Gasteiger partial charge is 0.370 e. The van der Waals surface area contributed by atoms with Crippen LogP contribution in [-0.2, 0) is 24.1 Å². The fourth-order valence-electron chi connectivity index (χ4n) is 2.41. The van der Waals surface area contributed by atoms with Crippen LogP contribution in [-0.4, -0.2) is 5.91 Å². The number of carbonyl (C=O) groups excluding carboxylic acids is 1. The first-order valence-corrected chi connectivity index (χ1v) is 6.15. The number of amides is 1. The van der Waals surface area contributed by atoms with Gasteiger partial charge in [0.25, 0.3) is 0 Å². The van der Waals surface area contributed by atoms with Gasteiger partial charge in [-0.15, -0.1) is 0 Å². The van der Waals surface area contributed by atoms with Gasteiger partial charge in [0.15, 0.2) is 0 Å². The van der Waals surface area contributed by atoms with Gasteiger partial charge in [-0.25, -0.2) is 0 Å². The highest BCUT2D eigenvalue weighted by molar-refractivity contribution is 5.73. The van der Waals surface area contributed by atoms with Gasteiger partial charge in [0.05, 0.1) is 0 Å². The van der Waals surface area contributed by atoms with Gasteiger partial charge in [-0.05, 0) is 55.2 Å². The molecule has 1 amide bonds. The zero-order chi connectivity index (χ0) is 11.4. The molecule has 0 atom stereocenters. The van der Waals surface area contributed by atoms with Gasteiger partial charge < -0.3 is 5.73 Å². The van der Waals surface area contributed by atoms with E-state index in [4.69, 9.17) is 5.73 Å². The molecule has 1 aromatic carbocycles. The summed E-state index contributed by atoms with van der Waals surface area (Å²) in [6, 6.07) is 6.84. The number of hydrogen-bond donors (Lipinski definition) is 1. The summed E-state index contributed by atoms with van der Waals surface area (Å²) in [7, 11) is 0. The van der Waals surface area contributed by atoms with Crippen molar-refractivity contribution in [1.29, 1.82) is 0 Å². The molecule has 1 aromatic rings. The Bertz CT molecular complexity index is 384. The first kappa shape index (κ1) is 11.2. The molecule has 0 saturated heterocycles. The number of nitrogens with two attached hydrogens (primary N) is 1. The lowest BCUT2D eigenvalue weighted by atomic mass is 10.0. The summed E-state index contributed by atoms with van der Waals surface area (Å²) in [6.07, 6.45) is 7.35. The van der Waals surface area contributed by atoms with Crippen molar-refractivity contribution in [3.05, 3.63) is 34.9 Å². The van der Waals surface area contributed by atoms with Crippen molar-refractivity contribution >= 4 is 5.91 Å². The van der Waals surface area contributed by atoms with E-state index in [1.807, 2.05) is 0 Å². The molecule has 0 radical (unpaired) electrons. The molecule has 0 fully saturated rings. The minimum absolute atomic E-state index is 0.186. The quantitative estimate of drug-likeness (QED) is 0.756. The van der Waals surface area contributed by atoms with Gasteiger partial charge in [-0.3, -0.25) is 4.79 Å². The van der Waals surface area contributed by atoms with Crippen molar-refractivity contribution in [1.82, 2.24) is 0 Å². The molecular weight excluding hydrogens is 198 g/mol. The monoisotopic (exact) mass is 217 g/mol. The van der Waals surface area contributed by atoms with Crippen molar-refractivity contribution in [2.24, 2.45) is 5.73 Å². The number of rotatable bonds is 5. The third-order valence-electron chi connectivity index (χ3n) is 3.30. The fourth-order valence-corrected chi connectivity index (χ4v) is 2.41. The Morgan fingerprint density at radius 1 is 1.19 bits per heavy atom. The summed E-state index contributed by atoms with van der Waals surface area (Å²) < 4.78 is 0. The van der Waals surface area contributed by atoms with Gasteiger partial charge in [0.2, 0.25) is 5.91 Å². The second-order valence-electron chi connectivity index (χ2n) is 4.63. The van der Waals surface area contributed by atoms with Crippen molar-refractivity contribution < 1.29 is 4.79 Å². The van der Waals surface area contributed by atoms with Crippen molar-refractivity contribution in [2.45, 2.75) is 44.9 Å². The number of benzene rings is 1. The van der Waals surface area contributed by atoms with Crippen LogP contribution < -0.4 is 5.73 Å². The molecule has 0 aromatic heterocycles. The van der Waals surface area contributed by atoms with E-state index < -0.39 is 0 Å². The maximum atomic E-state index is 10.6. The molecule has 2 nitrogen and oxygen atoms in total. The van der Waals surface area contributed by atoms with Crippen LogP contribution in [0.1, 0.15) is 42.4 Å². The lowest BCUT2D eigenvalue weighted by Crippen LogP contribution is -2.09.